The lowest BCUT2D eigenvalue weighted by Crippen LogP contribution is -2.16. The van der Waals surface area contributed by atoms with Gasteiger partial charge in [0.1, 0.15) is 13.2 Å². The van der Waals surface area contributed by atoms with E-state index in [1.165, 1.54) is 5.56 Å². The van der Waals surface area contributed by atoms with Gasteiger partial charge in [0.15, 0.2) is 11.5 Å². The molecular formula is C26H26N2O3. The molecule has 1 aromatic heterocycles. The van der Waals surface area contributed by atoms with E-state index in [0.717, 1.165) is 16.8 Å². The Morgan fingerprint density at radius 2 is 1.71 bits per heavy atom. The minimum absolute atomic E-state index is 0.0585. The molecule has 0 fully saturated rings. The molecule has 1 aliphatic rings. The number of benzene rings is 2. The topological polar surface area (TPSA) is 60.5 Å². The number of ether oxygens (including phenoxy) is 2. The highest BCUT2D eigenvalue weighted by Crippen LogP contribution is 2.33. The molecule has 0 aliphatic carbocycles. The summed E-state index contributed by atoms with van der Waals surface area (Å²) in [5, 5.41) is 2.92. The van der Waals surface area contributed by atoms with Gasteiger partial charge in [-0.15, -0.1) is 0 Å². The standard InChI is InChI=1S/C26H26N2O3/c1-26(2,3)19-9-7-18(8-10-19)21(22-6-4-5-13-27-22)17-25(29)28-20-11-12-23-24(16-20)31-15-14-30-23/h4-13,16-17H,14-15H2,1-3H3,(H,28,29). The molecule has 0 atom stereocenters. The molecule has 1 N–H and O–H groups in total. The molecule has 0 spiro atoms. The van der Waals surface area contributed by atoms with Crippen LogP contribution >= 0.6 is 0 Å². The molecule has 0 unspecified atom stereocenters. The minimum Gasteiger partial charge on any atom is -0.486 e. The van der Waals surface area contributed by atoms with Gasteiger partial charge in [0.25, 0.3) is 0 Å². The van der Waals surface area contributed by atoms with Crippen LogP contribution in [0, 0.1) is 0 Å². The second kappa shape index (κ2) is 8.64. The second-order valence-electron chi connectivity index (χ2n) is 8.45. The zero-order chi connectivity index (χ0) is 21.8. The lowest BCUT2D eigenvalue weighted by molar-refractivity contribution is -0.111. The van der Waals surface area contributed by atoms with E-state index in [1.807, 2.05) is 30.3 Å². The monoisotopic (exact) mass is 414 g/mol. The van der Waals surface area contributed by atoms with Crippen LogP contribution in [-0.4, -0.2) is 24.1 Å². The Hall–Kier alpha value is -3.60. The van der Waals surface area contributed by atoms with Crippen molar-refractivity contribution in [3.05, 3.63) is 89.8 Å². The van der Waals surface area contributed by atoms with E-state index < -0.39 is 0 Å². The normalized spacial score (nSPS) is 13.6. The van der Waals surface area contributed by atoms with E-state index in [9.17, 15) is 4.79 Å². The maximum Gasteiger partial charge on any atom is 0.249 e. The number of nitrogens with zero attached hydrogens (tertiary/aromatic N) is 1. The molecule has 1 amide bonds. The highest BCUT2D eigenvalue weighted by molar-refractivity contribution is 6.06. The van der Waals surface area contributed by atoms with Gasteiger partial charge in [-0.05, 0) is 40.8 Å². The molecular weight excluding hydrogens is 388 g/mol. The number of fused-ring (bicyclic) bond motifs is 1. The number of hydrogen-bond donors (Lipinski definition) is 1. The number of rotatable bonds is 4. The first-order valence-corrected chi connectivity index (χ1v) is 10.3. The fraction of sp³-hybridized carbons (Fsp3) is 0.231. The van der Waals surface area contributed by atoms with Gasteiger partial charge < -0.3 is 14.8 Å². The zero-order valence-electron chi connectivity index (χ0n) is 18.0. The summed E-state index contributed by atoms with van der Waals surface area (Å²) in [4.78, 5) is 17.3. The van der Waals surface area contributed by atoms with E-state index in [0.29, 0.717) is 30.4 Å². The average molecular weight is 415 g/mol. The predicted octanol–water partition coefficient (Wildman–Crippen LogP) is 5.22. The van der Waals surface area contributed by atoms with Gasteiger partial charge in [0.05, 0.1) is 5.69 Å². The van der Waals surface area contributed by atoms with Crippen molar-refractivity contribution in [2.24, 2.45) is 0 Å². The zero-order valence-corrected chi connectivity index (χ0v) is 18.0. The Morgan fingerprint density at radius 1 is 0.968 bits per heavy atom. The average Bonchev–Trinajstić information content (AvgIpc) is 2.77. The van der Waals surface area contributed by atoms with E-state index in [1.54, 1.807) is 30.5 Å². The van der Waals surface area contributed by atoms with Crippen LogP contribution in [0.3, 0.4) is 0 Å². The van der Waals surface area contributed by atoms with Gasteiger partial charge in [0.2, 0.25) is 5.91 Å². The summed E-state index contributed by atoms with van der Waals surface area (Å²) in [6.07, 6.45) is 3.32. The predicted molar refractivity (Wildman–Crippen MR) is 123 cm³/mol. The Kier molecular flexibility index (Phi) is 5.76. The van der Waals surface area contributed by atoms with Gasteiger partial charge in [-0.25, -0.2) is 0 Å². The Balaban J connectivity index is 1.63. The summed E-state index contributed by atoms with van der Waals surface area (Å²) in [5.41, 5.74) is 4.37. The molecule has 4 rings (SSSR count). The van der Waals surface area contributed by atoms with Gasteiger partial charge in [0, 0.05) is 29.6 Å². The molecule has 0 bridgehead atoms. The van der Waals surface area contributed by atoms with Crippen LogP contribution in [0.4, 0.5) is 5.69 Å². The molecule has 2 heterocycles. The molecule has 0 radical (unpaired) electrons. The van der Waals surface area contributed by atoms with Crippen molar-refractivity contribution < 1.29 is 14.3 Å². The first kappa shape index (κ1) is 20.7. The second-order valence-corrected chi connectivity index (χ2v) is 8.45. The fourth-order valence-corrected chi connectivity index (χ4v) is 3.41. The molecule has 5 nitrogen and oxygen atoms in total. The summed E-state index contributed by atoms with van der Waals surface area (Å²) in [6.45, 7) is 7.57. The summed E-state index contributed by atoms with van der Waals surface area (Å²) in [5.74, 6) is 1.08. The van der Waals surface area contributed by atoms with Crippen LogP contribution in [0.1, 0.15) is 37.6 Å². The quantitative estimate of drug-likeness (QED) is 0.595. The SMILES string of the molecule is CC(C)(C)c1ccc(C(=CC(=O)Nc2ccc3c(c2)OCCO3)c2ccccn2)cc1. The van der Waals surface area contributed by atoms with E-state index in [4.69, 9.17) is 9.47 Å². The Morgan fingerprint density at radius 3 is 2.39 bits per heavy atom. The van der Waals surface area contributed by atoms with Crippen molar-refractivity contribution in [1.82, 2.24) is 4.98 Å². The smallest absolute Gasteiger partial charge is 0.249 e. The van der Waals surface area contributed by atoms with Crippen molar-refractivity contribution in [3.63, 3.8) is 0 Å². The highest BCUT2D eigenvalue weighted by Gasteiger charge is 2.16. The number of anilines is 1. The number of amides is 1. The fourth-order valence-electron chi connectivity index (χ4n) is 3.41. The van der Waals surface area contributed by atoms with Gasteiger partial charge in [-0.1, -0.05) is 51.1 Å². The molecule has 5 heteroatoms. The van der Waals surface area contributed by atoms with E-state index in [-0.39, 0.29) is 11.3 Å². The Bertz CT molecular complexity index is 1100. The van der Waals surface area contributed by atoms with Gasteiger partial charge in [-0.3, -0.25) is 9.78 Å². The summed E-state index contributed by atoms with van der Waals surface area (Å²) in [7, 11) is 0. The van der Waals surface area contributed by atoms with Crippen LogP contribution in [0.25, 0.3) is 5.57 Å². The van der Waals surface area contributed by atoms with Crippen LogP contribution in [0.15, 0.2) is 72.9 Å². The number of carbonyl (C=O) groups is 1. The van der Waals surface area contributed by atoms with E-state index in [2.05, 4.69) is 43.2 Å². The van der Waals surface area contributed by atoms with Crippen molar-refractivity contribution >= 4 is 17.2 Å². The maximum atomic E-state index is 12.9. The summed E-state index contributed by atoms with van der Waals surface area (Å²) in [6, 6.07) is 19.3. The summed E-state index contributed by atoms with van der Waals surface area (Å²) < 4.78 is 11.1. The third-order valence-corrected chi connectivity index (χ3v) is 5.09. The molecule has 0 saturated carbocycles. The van der Waals surface area contributed by atoms with Gasteiger partial charge in [-0.2, -0.15) is 0 Å². The molecule has 0 saturated heterocycles. The number of pyridine rings is 1. The number of carbonyl (C=O) groups excluding carboxylic acids is 1. The highest BCUT2D eigenvalue weighted by atomic mass is 16.6. The lowest BCUT2D eigenvalue weighted by atomic mass is 9.86. The van der Waals surface area contributed by atoms with E-state index >= 15 is 0 Å². The van der Waals surface area contributed by atoms with Gasteiger partial charge >= 0.3 is 0 Å². The molecule has 1 aliphatic heterocycles. The van der Waals surface area contributed by atoms with Crippen LogP contribution in [0.5, 0.6) is 11.5 Å². The lowest BCUT2D eigenvalue weighted by Gasteiger charge is -2.19. The number of nitrogens with one attached hydrogen (secondary N) is 1. The van der Waals surface area contributed by atoms with Crippen molar-refractivity contribution in [1.29, 1.82) is 0 Å². The first-order valence-electron chi connectivity index (χ1n) is 10.3. The maximum absolute atomic E-state index is 12.9. The Labute approximate surface area is 182 Å². The third kappa shape index (κ3) is 4.94. The van der Waals surface area contributed by atoms with Crippen LogP contribution in [0.2, 0.25) is 0 Å². The van der Waals surface area contributed by atoms with Crippen molar-refractivity contribution in [3.8, 4) is 11.5 Å². The van der Waals surface area contributed by atoms with Crippen molar-refractivity contribution in [2.45, 2.75) is 26.2 Å². The van der Waals surface area contributed by atoms with Crippen LogP contribution < -0.4 is 14.8 Å². The molecule has 2 aromatic carbocycles. The molecule has 3 aromatic rings. The largest absolute Gasteiger partial charge is 0.486 e. The molecule has 158 valence electrons. The van der Waals surface area contributed by atoms with Crippen molar-refractivity contribution in [2.75, 3.05) is 18.5 Å². The van der Waals surface area contributed by atoms with Crippen LogP contribution in [-0.2, 0) is 10.2 Å². The number of hydrogen-bond acceptors (Lipinski definition) is 4. The number of aromatic nitrogens is 1. The molecule has 31 heavy (non-hydrogen) atoms. The third-order valence-electron chi connectivity index (χ3n) is 5.09. The first-order chi connectivity index (χ1) is 14.9. The minimum atomic E-state index is -0.239. The summed E-state index contributed by atoms with van der Waals surface area (Å²) >= 11 is 0.